The fraction of sp³-hybridized carbons (Fsp3) is 0.0588. The van der Waals surface area contributed by atoms with Crippen LogP contribution in [0.25, 0.3) is 10.9 Å². The van der Waals surface area contributed by atoms with Gasteiger partial charge in [0.25, 0.3) is 5.91 Å². The monoisotopic (exact) mass is 340 g/mol. The van der Waals surface area contributed by atoms with E-state index in [0.717, 1.165) is 20.9 Å². The van der Waals surface area contributed by atoms with Gasteiger partial charge in [0.05, 0.1) is 11.1 Å². The minimum Gasteiger partial charge on any atom is -0.348 e. The molecule has 3 nitrogen and oxygen atoms in total. The summed E-state index contributed by atoms with van der Waals surface area (Å²) in [5, 5.41) is 3.90. The Morgan fingerprint density at radius 3 is 2.62 bits per heavy atom. The van der Waals surface area contributed by atoms with Crippen LogP contribution in [0.4, 0.5) is 0 Å². The Bertz CT molecular complexity index is 779. The summed E-state index contributed by atoms with van der Waals surface area (Å²) in [5.74, 6) is -0.109. The molecule has 0 saturated carbocycles. The van der Waals surface area contributed by atoms with Crippen LogP contribution in [0.15, 0.2) is 65.3 Å². The SMILES string of the molecule is O=C(NCc1ccc(Br)cc1)c1cccc2cccnc12. The Labute approximate surface area is 131 Å². The minimum absolute atomic E-state index is 0.109. The maximum atomic E-state index is 12.3. The number of nitrogens with zero attached hydrogens (tertiary/aromatic N) is 1. The first-order chi connectivity index (χ1) is 10.2. The number of benzene rings is 2. The first-order valence-corrected chi connectivity index (χ1v) is 7.40. The van der Waals surface area contributed by atoms with Crippen LogP contribution in [0.5, 0.6) is 0 Å². The molecule has 0 aliphatic rings. The van der Waals surface area contributed by atoms with Gasteiger partial charge in [0.2, 0.25) is 0 Å². The van der Waals surface area contributed by atoms with Gasteiger partial charge >= 0.3 is 0 Å². The molecule has 0 aliphatic carbocycles. The Kier molecular flexibility index (Phi) is 3.97. The molecule has 1 aromatic heterocycles. The highest BCUT2D eigenvalue weighted by atomic mass is 79.9. The van der Waals surface area contributed by atoms with Gasteiger partial charge in [0.1, 0.15) is 0 Å². The molecular formula is C17H13BrN2O. The van der Waals surface area contributed by atoms with Crippen LogP contribution in [0.3, 0.4) is 0 Å². The van der Waals surface area contributed by atoms with Crippen LogP contribution >= 0.6 is 15.9 Å². The number of fused-ring (bicyclic) bond motifs is 1. The number of pyridine rings is 1. The zero-order valence-corrected chi connectivity index (χ0v) is 12.8. The van der Waals surface area contributed by atoms with Crippen molar-refractivity contribution in [1.29, 1.82) is 0 Å². The van der Waals surface area contributed by atoms with Gasteiger partial charge in [-0.15, -0.1) is 0 Å². The van der Waals surface area contributed by atoms with E-state index in [4.69, 9.17) is 0 Å². The molecule has 3 rings (SSSR count). The van der Waals surface area contributed by atoms with Crippen molar-refractivity contribution in [3.63, 3.8) is 0 Å². The van der Waals surface area contributed by atoms with Crippen LogP contribution in [0.1, 0.15) is 15.9 Å². The average molecular weight is 341 g/mol. The van der Waals surface area contributed by atoms with Gasteiger partial charge in [-0.1, -0.05) is 46.3 Å². The quantitative estimate of drug-likeness (QED) is 0.784. The molecule has 21 heavy (non-hydrogen) atoms. The smallest absolute Gasteiger partial charge is 0.253 e. The zero-order chi connectivity index (χ0) is 14.7. The molecule has 3 aromatic rings. The third kappa shape index (κ3) is 3.11. The van der Waals surface area contributed by atoms with Gasteiger partial charge in [0.15, 0.2) is 0 Å². The van der Waals surface area contributed by atoms with E-state index in [1.807, 2.05) is 48.5 Å². The van der Waals surface area contributed by atoms with E-state index >= 15 is 0 Å². The Hall–Kier alpha value is -2.20. The highest BCUT2D eigenvalue weighted by Crippen LogP contribution is 2.16. The number of halogens is 1. The lowest BCUT2D eigenvalue weighted by molar-refractivity contribution is 0.0952. The summed E-state index contributed by atoms with van der Waals surface area (Å²) in [4.78, 5) is 16.6. The predicted molar refractivity (Wildman–Crippen MR) is 87.1 cm³/mol. The van der Waals surface area contributed by atoms with E-state index in [-0.39, 0.29) is 5.91 Å². The molecule has 1 N–H and O–H groups in total. The van der Waals surface area contributed by atoms with E-state index in [1.165, 1.54) is 0 Å². The standard InChI is InChI=1S/C17H13BrN2O/c18-14-8-6-12(7-9-14)11-20-17(21)15-5-1-3-13-4-2-10-19-16(13)15/h1-10H,11H2,(H,20,21). The molecule has 0 fully saturated rings. The first-order valence-electron chi connectivity index (χ1n) is 6.60. The molecule has 0 bridgehead atoms. The first kappa shape index (κ1) is 13.8. The fourth-order valence-corrected chi connectivity index (χ4v) is 2.43. The lowest BCUT2D eigenvalue weighted by atomic mass is 10.1. The second-order valence-corrected chi connectivity index (χ2v) is 5.61. The van der Waals surface area contributed by atoms with Gasteiger partial charge in [0, 0.05) is 22.6 Å². The summed E-state index contributed by atoms with van der Waals surface area (Å²) in [6, 6.07) is 17.3. The Balaban J connectivity index is 1.79. The van der Waals surface area contributed by atoms with Crippen LogP contribution < -0.4 is 5.32 Å². The van der Waals surface area contributed by atoms with Crippen molar-refractivity contribution >= 4 is 32.7 Å². The molecule has 0 aliphatic heterocycles. The number of amides is 1. The number of hydrogen-bond acceptors (Lipinski definition) is 2. The van der Waals surface area contributed by atoms with Crippen LogP contribution in [0, 0.1) is 0 Å². The summed E-state index contributed by atoms with van der Waals surface area (Å²) in [6.07, 6.45) is 1.70. The Morgan fingerprint density at radius 1 is 1.05 bits per heavy atom. The lowest BCUT2D eigenvalue weighted by Gasteiger charge is -2.07. The number of nitrogens with one attached hydrogen (secondary N) is 1. The van der Waals surface area contributed by atoms with E-state index in [0.29, 0.717) is 12.1 Å². The maximum Gasteiger partial charge on any atom is 0.253 e. The fourth-order valence-electron chi connectivity index (χ4n) is 2.17. The van der Waals surface area contributed by atoms with E-state index in [2.05, 4.69) is 26.2 Å². The van der Waals surface area contributed by atoms with Crippen molar-refractivity contribution in [2.24, 2.45) is 0 Å². The van der Waals surface area contributed by atoms with E-state index < -0.39 is 0 Å². The number of aromatic nitrogens is 1. The van der Waals surface area contributed by atoms with Crippen LogP contribution in [0.2, 0.25) is 0 Å². The molecule has 1 amide bonds. The lowest BCUT2D eigenvalue weighted by Crippen LogP contribution is -2.23. The second kappa shape index (κ2) is 6.06. The molecular weight excluding hydrogens is 328 g/mol. The van der Waals surface area contributed by atoms with Crippen molar-refractivity contribution in [3.8, 4) is 0 Å². The molecule has 2 aromatic carbocycles. The highest BCUT2D eigenvalue weighted by Gasteiger charge is 2.10. The van der Waals surface area contributed by atoms with Gasteiger partial charge in [-0.25, -0.2) is 0 Å². The van der Waals surface area contributed by atoms with E-state index in [9.17, 15) is 4.79 Å². The van der Waals surface area contributed by atoms with Gasteiger partial charge < -0.3 is 5.32 Å². The molecule has 0 saturated heterocycles. The Morgan fingerprint density at radius 2 is 1.81 bits per heavy atom. The van der Waals surface area contributed by atoms with Crippen LogP contribution in [-0.4, -0.2) is 10.9 Å². The molecule has 0 radical (unpaired) electrons. The number of carbonyl (C=O) groups is 1. The van der Waals surface area contributed by atoms with Crippen molar-refractivity contribution in [1.82, 2.24) is 10.3 Å². The summed E-state index contributed by atoms with van der Waals surface area (Å²) in [6.45, 7) is 0.495. The van der Waals surface area contributed by atoms with Gasteiger partial charge in [-0.3, -0.25) is 9.78 Å². The topological polar surface area (TPSA) is 42.0 Å². The number of para-hydroxylation sites is 1. The van der Waals surface area contributed by atoms with Crippen molar-refractivity contribution in [2.75, 3.05) is 0 Å². The normalized spacial score (nSPS) is 10.5. The highest BCUT2D eigenvalue weighted by molar-refractivity contribution is 9.10. The van der Waals surface area contributed by atoms with Crippen LogP contribution in [-0.2, 0) is 6.54 Å². The molecule has 4 heteroatoms. The number of carbonyl (C=O) groups excluding carboxylic acids is 1. The molecule has 0 unspecified atom stereocenters. The van der Waals surface area contributed by atoms with Crippen molar-refractivity contribution < 1.29 is 4.79 Å². The molecule has 0 spiro atoms. The molecule has 1 heterocycles. The van der Waals surface area contributed by atoms with Crippen molar-refractivity contribution in [2.45, 2.75) is 6.54 Å². The maximum absolute atomic E-state index is 12.3. The largest absolute Gasteiger partial charge is 0.348 e. The summed E-state index contributed by atoms with van der Waals surface area (Å²) in [5.41, 5.74) is 2.39. The van der Waals surface area contributed by atoms with Gasteiger partial charge in [-0.2, -0.15) is 0 Å². The van der Waals surface area contributed by atoms with Crippen molar-refractivity contribution in [3.05, 3.63) is 76.4 Å². The summed E-state index contributed by atoms with van der Waals surface area (Å²) in [7, 11) is 0. The third-order valence-electron chi connectivity index (χ3n) is 3.24. The summed E-state index contributed by atoms with van der Waals surface area (Å²) < 4.78 is 1.02. The molecule has 0 atom stereocenters. The third-order valence-corrected chi connectivity index (χ3v) is 3.77. The molecule has 104 valence electrons. The predicted octanol–water partition coefficient (Wildman–Crippen LogP) is 3.93. The number of rotatable bonds is 3. The second-order valence-electron chi connectivity index (χ2n) is 4.69. The summed E-state index contributed by atoms with van der Waals surface area (Å²) >= 11 is 3.39. The zero-order valence-electron chi connectivity index (χ0n) is 11.2. The number of hydrogen-bond donors (Lipinski definition) is 1. The van der Waals surface area contributed by atoms with Gasteiger partial charge in [-0.05, 0) is 29.8 Å². The minimum atomic E-state index is -0.109. The average Bonchev–Trinajstić information content (AvgIpc) is 2.53. The van der Waals surface area contributed by atoms with E-state index in [1.54, 1.807) is 12.3 Å².